The normalized spacial score (nSPS) is 13.4. The van der Waals surface area contributed by atoms with Crippen LogP contribution in [0.15, 0.2) is 40.4 Å². The Labute approximate surface area is 189 Å². The van der Waals surface area contributed by atoms with Crippen molar-refractivity contribution in [1.82, 2.24) is 24.8 Å². The fraction of sp³-hybridized carbons (Fsp3) is 0.278. The molecular weight excluding hydrogens is 464 g/mol. The molecule has 0 saturated heterocycles. The zero-order valence-corrected chi connectivity index (χ0v) is 18.5. The third-order valence-electron chi connectivity index (χ3n) is 4.27. The molecule has 3 N–H and O–H groups in total. The van der Waals surface area contributed by atoms with Crippen LogP contribution in [0.4, 0.5) is 9.93 Å². The number of nitrogens with one attached hydrogen (secondary N) is 1. The van der Waals surface area contributed by atoms with Gasteiger partial charge in [0.25, 0.3) is 0 Å². The van der Waals surface area contributed by atoms with Gasteiger partial charge in [-0.25, -0.2) is 9.78 Å². The molecule has 1 aromatic carbocycles. The molecule has 10 nitrogen and oxygen atoms in total. The third-order valence-corrected chi connectivity index (χ3v) is 6.77. The van der Waals surface area contributed by atoms with Crippen molar-refractivity contribution in [2.45, 2.75) is 17.0 Å². The second-order valence-electron chi connectivity index (χ2n) is 7.00. The van der Waals surface area contributed by atoms with Gasteiger partial charge in [0.1, 0.15) is 0 Å². The molecule has 4 rings (SSSR count). The zero-order chi connectivity index (χ0) is 22.0. The first-order valence-electron chi connectivity index (χ1n) is 9.00. The number of carbonyl (C=O) groups is 1. The van der Waals surface area contributed by atoms with Gasteiger partial charge in [-0.2, -0.15) is 4.52 Å². The van der Waals surface area contributed by atoms with Crippen LogP contribution in [0, 0.1) is 5.41 Å². The van der Waals surface area contributed by atoms with Crippen molar-refractivity contribution >= 4 is 61.8 Å². The van der Waals surface area contributed by atoms with Crippen LogP contribution in [0.1, 0.15) is 6.92 Å². The number of nitrogens with zero attached hydrogens (tertiary/aromatic N) is 5. The van der Waals surface area contributed by atoms with Crippen molar-refractivity contribution in [3.63, 3.8) is 0 Å². The van der Waals surface area contributed by atoms with Crippen LogP contribution in [0.2, 0.25) is 0 Å². The number of thiazole rings is 1. The lowest BCUT2D eigenvalue weighted by Gasteiger charge is -2.23. The Hall–Kier alpha value is -2.67. The lowest BCUT2D eigenvalue weighted by atomic mass is 9.96. The quantitative estimate of drug-likeness (QED) is 0.323. The van der Waals surface area contributed by atoms with Gasteiger partial charge in [0.2, 0.25) is 11.0 Å². The van der Waals surface area contributed by atoms with E-state index < -0.39 is 11.5 Å². The minimum Gasteiger partial charge on any atom is -0.476 e. The van der Waals surface area contributed by atoms with E-state index in [2.05, 4.69) is 25.6 Å². The number of aromatic nitrogens is 5. The second-order valence-corrected chi connectivity index (χ2v) is 9.33. The van der Waals surface area contributed by atoms with Gasteiger partial charge in [0, 0.05) is 22.3 Å². The molecule has 1 amide bonds. The molecule has 3 aromatic heterocycles. The summed E-state index contributed by atoms with van der Waals surface area (Å²) in [6, 6.07) is 9.01. The molecule has 31 heavy (non-hydrogen) atoms. The molecule has 0 aliphatic carbocycles. The Morgan fingerprint density at radius 1 is 1.35 bits per heavy atom. The van der Waals surface area contributed by atoms with Crippen LogP contribution < -0.4 is 10.1 Å². The predicted molar refractivity (Wildman–Crippen MR) is 118 cm³/mol. The standard InChI is InChI=1S/C18H17ClN6O4S2/c1-18(7-19,8-26)9-29-14-5-4-13-22-23-16(25(13)24-14)30-10-2-3-11-12(6-10)31-15(20-11)21-17(27)28/h2-6,26H,7-9H2,1H3,(H,20,21)(H,27,28). The second kappa shape index (κ2) is 8.83. The first-order chi connectivity index (χ1) is 14.9. The van der Waals surface area contributed by atoms with Crippen LogP contribution in [0.25, 0.3) is 15.9 Å². The van der Waals surface area contributed by atoms with Gasteiger partial charge in [-0.3, -0.25) is 5.32 Å². The number of benzene rings is 1. The van der Waals surface area contributed by atoms with Crippen molar-refractivity contribution in [3.8, 4) is 5.88 Å². The van der Waals surface area contributed by atoms with Crippen molar-refractivity contribution in [2.24, 2.45) is 5.41 Å². The van der Waals surface area contributed by atoms with Gasteiger partial charge in [-0.1, -0.05) is 18.3 Å². The predicted octanol–water partition coefficient (Wildman–Crippen LogP) is 3.59. The van der Waals surface area contributed by atoms with Gasteiger partial charge < -0.3 is 14.9 Å². The smallest absolute Gasteiger partial charge is 0.410 e. The van der Waals surface area contributed by atoms with E-state index in [0.29, 0.717) is 27.3 Å². The maximum absolute atomic E-state index is 10.8. The highest BCUT2D eigenvalue weighted by Gasteiger charge is 2.24. The molecule has 4 aromatic rings. The van der Waals surface area contributed by atoms with E-state index in [-0.39, 0.29) is 19.1 Å². The average Bonchev–Trinajstić information content (AvgIpc) is 3.34. The Kier molecular flexibility index (Phi) is 6.14. The van der Waals surface area contributed by atoms with Crippen LogP contribution in [0.5, 0.6) is 5.88 Å². The Bertz CT molecular complexity index is 1240. The molecule has 1 atom stereocenters. The molecule has 0 aliphatic rings. The fourth-order valence-electron chi connectivity index (χ4n) is 2.49. The van der Waals surface area contributed by atoms with Gasteiger partial charge in [0.15, 0.2) is 10.8 Å². The minimum absolute atomic E-state index is 0.101. The summed E-state index contributed by atoms with van der Waals surface area (Å²) in [5, 5.41) is 34.2. The number of rotatable bonds is 8. The number of hydrogen-bond acceptors (Lipinski definition) is 9. The highest BCUT2D eigenvalue weighted by Crippen LogP contribution is 2.33. The molecule has 1 unspecified atom stereocenters. The topological polar surface area (TPSA) is 135 Å². The molecule has 0 bridgehead atoms. The number of hydrogen-bond donors (Lipinski definition) is 3. The molecular formula is C18H17ClN6O4S2. The monoisotopic (exact) mass is 480 g/mol. The number of anilines is 1. The van der Waals surface area contributed by atoms with E-state index in [1.54, 1.807) is 16.6 Å². The van der Waals surface area contributed by atoms with E-state index in [4.69, 9.17) is 21.4 Å². The SMILES string of the molecule is CC(CO)(CCl)COc1ccc2nnc(Sc3ccc4nc(NC(=O)O)sc4c3)n2n1. The summed E-state index contributed by atoms with van der Waals surface area (Å²) in [5.41, 5.74) is 0.690. The number of aliphatic hydroxyl groups is 1. The largest absolute Gasteiger partial charge is 0.476 e. The van der Waals surface area contributed by atoms with Gasteiger partial charge in [0.05, 0.1) is 23.4 Å². The summed E-state index contributed by atoms with van der Waals surface area (Å²) >= 11 is 8.51. The molecule has 3 heterocycles. The average molecular weight is 481 g/mol. The molecule has 0 spiro atoms. The Morgan fingerprint density at radius 3 is 2.94 bits per heavy atom. The number of halogens is 1. The van der Waals surface area contributed by atoms with Gasteiger partial charge >= 0.3 is 6.09 Å². The number of amides is 1. The summed E-state index contributed by atoms with van der Waals surface area (Å²) in [5.74, 6) is 0.615. The summed E-state index contributed by atoms with van der Waals surface area (Å²) in [7, 11) is 0. The highest BCUT2D eigenvalue weighted by molar-refractivity contribution is 7.99. The molecule has 0 radical (unpaired) electrons. The number of ether oxygens (including phenoxy) is 1. The number of fused-ring (bicyclic) bond motifs is 2. The summed E-state index contributed by atoms with van der Waals surface area (Å²) in [4.78, 5) is 15.9. The number of carboxylic acid groups (broad SMARTS) is 1. The van der Waals surface area contributed by atoms with E-state index in [1.165, 1.54) is 23.1 Å². The van der Waals surface area contributed by atoms with E-state index in [1.807, 2.05) is 25.1 Å². The first kappa shape index (κ1) is 21.6. The van der Waals surface area contributed by atoms with Crippen molar-refractivity contribution in [3.05, 3.63) is 30.3 Å². The minimum atomic E-state index is -1.15. The Morgan fingerprint density at radius 2 is 2.19 bits per heavy atom. The Balaban J connectivity index is 1.56. The fourth-order valence-corrected chi connectivity index (χ4v) is 4.44. The highest BCUT2D eigenvalue weighted by atomic mass is 35.5. The van der Waals surface area contributed by atoms with Crippen LogP contribution in [-0.4, -0.2) is 60.2 Å². The molecule has 13 heteroatoms. The maximum Gasteiger partial charge on any atom is 0.410 e. The van der Waals surface area contributed by atoms with Crippen LogP contribution in [0.3, 0.4) is 0 Å². The molecule has 0 saturated carbocycles. The maximum atomic E-state index is 10.8. The summed E-state index contributed by atoms with van der Waals surface area (Å²) in [6.45, 7) is 1.94. The van der Waals surface area contributed by atoms with Gasteiger partial charge in [-0.05, 0) is 36.0 Å². The van der Waals surface area contributed by atoms with E-state index in [9.17, 15) is 9.90 Å². The molecule has 162 valence electrons. The summed E-state index contributed by atoms with van der Waals surface area (Å²) < 4.78 is 8.14. The first-order valence-corrected chi connectivity index (χ1v) is 11.2. The number of alkyl halides is 1. The van der Waals surface area contributed by atoms with Crippen molar-refractivity contribution < 1.29 is 19.7 Å². The van der Waals surface area contributed by atoms with E-state index in [0.717, 1.165) is 9.60 Å². The number of aliphatic hydroxyl groups excluding tert-OH is 1. The molecule has 0 aliphatic heterocycles. The lowest BCUT2D eigenvalue weighted by molar-refractivity contribution is 0.0971. The molecule has 0 fully saturated rings. The lowest BCUT2D eigenvalue weighted by Crippen LogP contribution is -2.31. The van der Waals surface area contributed by atoms with Gasteiger partial charge in [-0.15, -0.1) is 26.9 Å². The van der Waals surface area contributed by atoms with Crippen molar-refractivity contribution in [2.75, 3.05) is 24.4 Å². The van der Waals surface area contributed by atoms with Crippen molar-refractivity contribution in [1.29, 1.82) is 0 Å². The van der Waals surface area contributed by atoms with E-state index >= 15 is 0 Å². The zero-order valence-electron chi connectivity index (χ0n) is 16.1. The third kappa shape index (κ3) is 4.82. The van der Waals surface area contributed by atoms with Crippen LogP contribution in [-0.2, 0) is 0 Å². The van der Waals surface area contributed by atoms with Crippen LogP contribution >= 0.6 is 34.7 Å². The summed E-state index contributed by atoms with van der Waals surface area (Å²) in [6.07, 6.45) is -1.15.